The SMILES string of the molecule is CC(=O)N1CCCC(c2nc(C)cc(-c3ccnn3C)n2)C1. The molecule has 3 heterocycles. The number of aromatic nitrogens is 4. The highest BCUT2D eigenvalue weighted by atomic mass is 16.2. The number of carbonyl (C=O) groups excluding carboxylic acids is 1. The minimum absolute atomic E-state index is 0.129. The minimum atomic E-state index is 0.129. The highest BCUT2D eigenvalue weighted by molar-refractivity contribution is 5.73. The van der Waals surface area contributed by atoms with Gasteiger partial charge in [0.25, 0.3) is 0 Å². The molecule has 1 amide bonds. The van der Waals surface area contributed by atoms with Crippen molar-refractivity contribution in [2.45, 2.75) is 32.6 Å². The van der Waals surface area contributed by atoms with Crippen molar-refractivity contribution in [1.82, 2.24) is 24.6 Å². The van der Waals surface area contributed by atoms with Crippen LogP contribution in [0.3, 0.4) is 0 Å². The number of hydrogen-bond acceptors (Lipinski definition) is 4. The molecule has 1 atom stereocenters. The van der Waals surface area contributed by atoms with Crippen molar-refractivity contribution in [3.8, 4) is 11.4 Å². The maximum absolute atomic E-state index is 11.6. The summed E-state index contributed by atoms with van der Waals surface area (Å²) >= 11 is 0. The third-order valence-corrected chi connectivity index (χ3v) is 4.19. The van der Waals surface area contributed by atoms with Crippen molar-refractivity contribution in [3.05, 3.63) is 29.8 Å². The summed E-state index contributed by atoms with van der Waals surface area (Å²) in [5, 5.41) is 4.20. The Labute approximate surface area is 130 Å². The molecule has 116 valence electrons. The van der Waals surface area contributed by atoms with Gasteiger partial charge >= 0.3 is 0 Å². The van der Waals surface area contributed by atoms with Gasteiger partial charge in [-0.2, -0.15) is 5.10 Å². The number of carbonyl (C=O) groups is 1. The van der Waals surface area contributed by atoms with Crippen LogP contribution >= 0.6 is 0 Å². The van der Waals surface area contributed by atoms with E-state index in [9.17, 15) is 4.79 Å². The second-order valence-corrected chi connectivity index (χ2v) is 5.90. The molecular formula is C16H21N5O. The molecule has 0 aliphatic carbocycles. The Morgan fingerprint density at radius 2 is 2.18 bits per heavy atom. The van der Waals surface area contributed by atoms with Crippen LogP contribution in [0.5, 0.6) is 0 Å². The number of rotatable bonds is 2. The zero-order valence-electron chi connectivity index (χ0n) is 13.3. The number of nitrogens with zero attached hydrogens (tertiary/aromatic N) is 5. The number of aryl methyl sites for hydroxylation is 2. The summed E-state index contributed by atoms with van der Waals surface area (Å²) in [6.07, 6.45) is 3.80. The van der Waals surface area contributed by atoms with Gasteiger partial charge in [-0.25, -0.2) is 9.97 Å². The monoisotopic (exact) mass is 299 g/mol. The minimum Gasteiger partial charge on any atom is -0.342 e. The highest BCUT2D eigenvalue weighted by Gasteiger charge is 2.25. The van der Waals surface area contributed by atoms with E-state index >= 15 is 0 Å². The smallest absolute Gasteiger partial charge is 0.219 e. The summed E-state index contributed by atoms with van der Waals surface area (Å²) in [7, 11) is 1.91. The lowest BCUT2D eigenvalue weighted by atomic mass is 9.97. The molecule has 2 aromatic rings. The molecule has 1 aliphatic rings. The lowest BCUT2D eigenvalue weighted by Crippen LogP contribution is -2.38. The number of hydrogen-bond donors (Lipinski definition) is 0. The number of piperidine rings is 1. The molecule has 2 aromatic heterocycles. The van der Waals surface area contributed by atoms with E-state index in [4.69, 9.17) is 4.98 Å². The van der Waals surface area contributed by atoms with Gasteiger partial charge in [0.1, 0.15) is 5.82 Å². The fourth-order valence-corrected chi connectivity index (χ4v) is 3.00. The fraction of sp³-hybridized carbons (Fsp3) is 0.500. The van der Waals surface area contributed by atoms with Crippen molar-refractivity contribution in [2.24, 2.45) is 7.05 Å². The maximum Gasteiger partial charge on any atom is 0.219 e. The Balaban J connectivity index is 1.93. The van der Waals surface area contributed by atoms with Gasteiger partial charge in [0.05, 0.1) is 11.4 Å². The van der Waals surface area contributed by atoms with E-state index in [1.807, 2.05) is 35.7 Å². The van der Waals surface area contributed by atoms with Gasteiger partial charge in [-0.1, -0.05) is 0 Å². The topological polar surface area (TPSA) is 63.9 Å². The fourth-order valence-electron chi connectivity index (χ4n) is 3.00. The summed E-state index contributed by atoms with van der Waals surface area (Å²) in [5.74, 6) is 1.18. The highest BCUT2D eigenvalue weighted by Crippen LogP contribution is 2.26. The first-order valence-electron chi connectivity index (χ1n) is 7.64. The second kappa shape index (κ2) is 5.87. The molecule has 0 aromatic carbocycles. The summed E-state index contributed by atoms with van der Waals surface area (Å²) < 4.78 is 1.81. The van der Waals surface area contributed by atoms with E-state index in [2.05, 4.69) is 10.1 Å². The quantitative estimate of drug-likeness (QED) is 0.850. The molecule has 6 heteroatoms. The van der Waals surface area contributed by atoms with E-state index in [0.717, 1.165) is 42.3 Å². The van der Waals surface area contributed by atoms with Crippen molar-refractivity contribution < 1.29 is 4.79 Å². The third kappa shape index (κ3) is 2.86. The molecule has 1 saturated heterocycles. The predicted molar refractivity (Wildman–Crippen MR) is 83.2 cm³/mol. The standard InChI is InChI=1S/C16H21N5O/c1-11-9-14(15-6-7-17-20(15)3)19-16(18-11)13-5-4-8-21(10-13)12(2)22/h6-7,9,13H,4-5,8,10H2,1-3H3. The molecule has 0 N–H and O–H groups in total. The molecule has 1 fully saturated rings. The zero-order chi connectivity index (χ0) is 15.7. The van der Waals surface area contributed by atoms with Crippen molar-refractivity contribution in [3.63, 3.8) is 0 Å². The van der Waals surface area contributed by atoms with Crippen molar-refractivity contribution in [2.75, 3.05) is 13.1 Å². The molecule has 3 rings (SSSR count). The molecule has 22 heavy (non-hydrogen) atoms. The van der Waals surface area contributed by atoms with Gasteiger partial charge in [-0.3, -0.25) is 9.48 Å². The van der Waals surface area contributed by atoms with Gasteiger partial charge in [-0.05, 0) is 31.9 Å². The van der Waals surface area contributed by atoms with E-state index in [1.165, 1.54) is 0 Å². The van der Waals surface area contributed by atoms with Gasteiger partial charge in [0.15, 0.2) is 0 Å². The molecule has 1 unspecified atom stereocenters. The first kappa shape index (κ1) is 14.7. The average molecular weight is 299 g/mol. The zero-order valence-corrected chi connectivity index (χ0v) is 13.3. The van der Waals surface area contributed by atoms with E-state index in [-0.39, 0.29) is 11.8 Å². The van der Waals surface area contributed by atoms with Crippen LogP contribution in [0.1, 0.15) is 37.2 Å². The Hall–Kier alpha value is -2.24. The molecule has 1 aliphatic heterocycles. The molecule has 0 spiro atoms. The Morgan fingerprint density at radius 3 is 2.86 bits per heavy atom. The normalized spacial score (nSPS) is 18.5. The molecule has 6 nitrogen and oxygen atoms in total. The summed E-state index contributed by atoms with van der Waals surface area (Å²) in [5.41, 5.74) is 2.81. The van der Waals surface area contributed by atoms with Gasteiger partial charge in [0, 0.05) is 44.9 Å². The van der Waals surface area contributed by atoms with Gasteiger partial charge < -0.3 is 4.90 Å². The first-order chi connectivity index (χ1) is 10.5. The molecule has 0 bridgehead atoms. The van der Waals surface area contributed by atoms with Crippen LogP contribution in [0.2, 0.25) is 0 Å². The van der Waals surface area contributed by atoms with Crippen LogP contribution in [0, 0.1) is 6.92 Å². The maximum atomic E-state index is 11.6. The van der Waals surface area contributed by atoms with Crippen LogP contribution in [0.25, 0.3) is 11.4 Å². The van der Waals surface area contributed by atoms with Gasteiger partial charge in [0.2, 0.25) is 5.91 Å². The third-order valence-electron chi connectivity index (χ3n) is 4.19. The van der Waals surface area contributed by atoms with E-state index in [1.54, 1.807) is 13.1 Å². The van der Waals surface area contributed by atoms with Crippen LogP contribution in [-0.2, 0) is 11.8 Å². The van der Waals surface area contributed by atoms with Crippen molar-refractivity contribution >= 4 is 5.91 Å². The van der Waals surface area contributed by atoms with Crippen LogP contribution < -0.4 is 0 Å². The Kier molecular flexibility index (Phi) is 3.92. The van der Waals surface area contributed by atoms with Crippen LogP contribution in [0.4, 0.5) is 0 Å². The summed E-state index contributed by atoms with van der Waals surface area (Å²) in [4.78, 5) is 22.9. The molecule has 0 radical (unpaired) electrons. The lowest BCUT2D eigenvalue weighted by Gasteiger charge is -2.31. The Morgan fingerprint density at radius 1 is 1.36 bits per heavy atom. The van der Waals surface area contributed by atoms with Crippen LogP contribution in [-0.4, -0.2) is 43.6 Å². The Bertz CT molecular complexity index is 694. The van der Waals surface area contributed by atoms with E-state index in [0.29, 0.717) is 6.54 Å². The predicted octanol–water partition coefficient (Wildman–Crippen LogP) is 1.91. The molecule has 0 saturated carbocycles. The van der Waals surface area contributed by atoms with Crippen LogP contribution in [0.15, 0.2) is 18.3 Å². The van der Waals surface area contributed by atoms with E-state index < -0.39 is 0 Å². The lowest BCUT2D eigenvalue weighted by molar-refractivity contribution is -0.130. The summed E-state index contributed by atoms with van der Waals surface area (Å²) in [6, 6.07) is 3.93. The average Bonchev–Trinajstić information content (AvgIpc) is 2.93. The second-order valence-electron chi connectivity index (χ2n) is 5.90. The van der Waals surface area contributed by atoms with Gasteiger partial charge in [-0.15, -0.1) is 0 Å². The molecular weight excluding hydrogens is 278 g/mol. The summed E-state index contributed by atoms with van der Waals surface area (Å²) in [6.45, 7) is 5.16. The number of likely N-dealkylation sites (tertiary alicyclic amines) is 1. The van der Waals surface area contributed by atoms with Crippen molar-refractivity contribution in [1.29, 1.82) is 0 Å². The largest absolute Gasteiger partial charge is 0.342 e. The first-order valence-corrected chi connectivity index (χ1v) is 7.64. The number of amides is 1.